The van der Waals surface area contributed by atoms with E-state index >= 15 is 0 Å². The zero-order valence-electron chi connectivity index (χ0n) is 14.3. The number of aromatic nitrogens is 2. The van der Waals surface area contributed by atoms with Gasteiger partial charge in [0.15, 0.2) is 0 Å². The van der Waals surface area contributed by atoms with Crippen molar-refractivity contribution in [3.05, 3.63) is 46.7 Å². The maximum absolute atomic E-state index is 12.5. The lowest BCUT2D eigenvalue weighted by Crippen LogP contribution is -2.28. The maximum atomic E-state index is 12.5. The van der Waals surface area contributed by atoms with Gasteiger partial charge in [0.25, 0.3) is 5.91 Å². The van der Waals surface area contributed by atoms with Gasteiger partial charge in [-0.1, -0.05) is 31.5 Å². The Balaban J connectivity index is 2.24. The van der Waals surface area contributed by atoms with Crippen LogP contribution in [0.2, 0.25) is 5.02 Å². The Morgan fingerprint density at radius 2 is 1.88 bits per heavy atom. The molecule has 2 aromatic rings. The van der Waals surface area contributed by atoms with Gasteiger partial charge in [-0.05, 0) is 44.0 Å². The van der Waals surface area contributed by atoms with Crippen LogP contribution in [-0.2, 0) is 0 Å². The van der Waals surface area contributed by atoms with Gasteiger partial charge < -0.3 is 10.2 Å². The van der Waals surface area contributed by atoms with Crippen LogP contribution in [-0.4, -0.2) is 29.0 Å². The number of hydrogen-bond donors (Lipinski definition) is 1. The number of carbonyl (C=O) groups is 1. The fourth-order valence-electron chi connectivity index (χ4n) is 2.42. The summed E-state index contributed by atoms with van der Waals surface area (Å²) in [5.41, 5.74) is 1.77. The summed E-state index contributed by atoms with van der Waals surface area (Å²) < 4.78 is 0. The molecule has 0 bridgehead atoms. The van der Waals surface area contributed by atoms with Crippen molar-refractivity contribution < 1.29 is 4.79 Å². The van der Waals surface area contributed by atoms with E-state index in [9.17, 15) is 4.79 Å². The molecule has 6 heteroatoms. The molecule has 0 saturated carbocycles. The van der Waals surface area contributed by atoms with Crippen LogP contribution in [0, 0.1) is 6.92 Å². The summed E-state index contributed by atoms with van der Waals surface area (Å²) in [4.78, 5) is 23.6. The molecule has 0 saturated heterocycles. The van der Waals surface area contributed by atoms with E-state index in [1.54, 1.807) is 30.3 Å². The highest BCUT2D eigenvalue weighted by molar-refractivity contribution is 6.30. The highest BCUT2D eigenvalue weighted by atomic mass is 35.5. The predicted octanol–water partition coefficient (Wildman–Crippen LogP) is 4.32. The summed E-state index contributed by atoms with van der Waals surface area (Å²) in [6, 6.07) is 8.74. The smallest absolute Gasteiger partial charge is 0.274 e. The SMILES string of the molecule is CCCN(CCC)c1nc(C)cc(C(=O)Nc2cccc(Cl)c2)n1. The summed E-state index contributed by atoms with van der Waals surface area (Å²) >= 11 is 5.95. The molecule has 0 unspecified atom stereocenters. The average molecular weight is 347 g/mol. The number of hydrogen-bond acceptors (Lipinski definition) is 4. The standard InChI is InChI=1S/C18H23ClN4O/c1-4-9-23(10-5-2)18-20-13(3)11-16(22-18)17(24)21-15-8-6-7-14(19)12-15/h6-8,11-12H,4-5,9-10H2,1-3H3,(H,21,24). The summed E-state index contributed by atoms with van der Waals surface area (Å²) in [5.74, 6) is 0.340. The van der Waals surface area contributed by atoms with Gasteiger partial charge in [0.2, 0.25) is 5.95 Å². The monoisotopic (exact) mass is 346 g/mol. The topological polar surface area (TPSA) is 58.1 Å². The van der Waals surface area contributed by atoms with E-state index < -0.39 is 0 Å². The maximum Gasteiger partial charge on any atom is 0.274 e. The van der Waals surface area contributed by atoms with Crippen LogP contribution in [0.15, 0.2) is 30.3 Å². The minimum atomic E-state index is -0.267. The van der Waals surface area contributed by atoms with Crippen LogP contribution >= 0.6 is 11.6 Å². The number of nitrogens with one attached hydrogen (secondary N) is 1. The summed E-state index contributed by atoms with van der Waals surface area (Å²) in [5, 5.41) is 3.40. The second kappa shape index (κ2) is 8.64. The molecular formula is C18H23ClN4O. The van der Waals surface area contributed by atoms with Gasteiger partial charge in [-0.25, -0.2) is 9.97 Å². The number of carbonyl (C=O) groups excluding carboxylic acids is 1. The van der Waals surface area contributed by atoms with E-state index in [1.165, 1.54) is 0 Å². The van der Waals surface area contributed by atoms with Crippen molar-refractivity contribution >= 4 is 29.1 Å². The lowest BCUT2D eigenvalue weighted by Gasteiger charge is -2.22. The summed E-state index contributed by atoms with van der Waals surface area (Å²) in [7, 11) is 0. The van der Waals surface area contributed by atoms with E-state index in [1.807, 2.05) is 6.92 Å². The molecule has 0 radical (unpaired) electrons. The molecule has 0 aliphatic rings. The molecule has 0 aliphatic carbocycles. The highest BCUT2D eigenvalue weighted by Gasteiger charge is 2.14. The largest absolute Gasteiger partial charge is 0.341 e. The molecule has 1 heterocycles. The molecular weight excluding hydrogens is 324 g/mol. The molecule has 0 aliphatic heterocycles. The first-order valence-electron chi connectivity index (χ1n) is 8.21. The van der Waals surface area contributed by atoms with Gasteiger partial charge in [-0.15, -0.1) is 0 Å². The third kappa shape index (κ3) is 4.93. The van der Waals surface area contributed by atoms with Crippen LogP contribution in [0.25, 0.3) is 0 Å². The number of halogens is 1. The van der Waals surface area contributed by atoms with Crippen LogP contribution in [0.3, 0.4) is 0 Å². The Morgan fingerprint density at radius 3 is 2.50 bits per heavy atom. The van der Waals surface area contributed by atoms with Crippen molar-refractivity contribution in [2.75, 3.05) is 23.3 Å². The number of anilines is 2. The third-order valence-corrected chi connectivity index (χ3v) is 3.66. The van der Waals surface area contributed by atoms with Gasteiger partial charge in [0.05, 0.1) is 0 Å². The van der Waals surface area contributed by atoms with Gasteiger partial charge in [0.1, 0.15) is 5.69 Å². The van der Waals surface area contributed by atoms with Crippen LogP contribution in [0.5, 0.6) is 0 Å². The first kappa shape index (κ1) is 18.2. The molecule has 1 amide bonds. The minimum absolute atomic E-state index is 0.267. The molecule has 1 aromatic carbocycles. The molecule has 0 atom stereocenters. The Bertz CT molecular complexity index is 699. The molecule has 5 nitrogen and oxygen atoms in total. The molecule has 128 valence electrons. The zero-order valence-corrected chi connectivity index (χ0v) is 15.1. The molecule has 1 aromatic heterocycles. The van der Waals surface area contributed by atoms with E-state index in [-0.39, 0.29) is 5.91 Å². The number of aryl methyl sites for hydroxylation is 1. The lowest BCUT2D eigenvalue weighted by atomic mass is 10.2. The molecule has 24 heavy (non-hydrogen) atoms. The first-order chi connectivity index (χ1) is 11.5. The van der Waals surface area contributed by atoms with Crippen LogP contribution < -0.4 is 10.2 Å². The van der Waals surface area contributed by atoms with Crippen molar-refractivity contribution in [2.24, 2.45) is 0 Å². The van der Waals surface area contributed by atoms with E-state index in [2.05, 4.69) is 34.0 Å². The molecule has 0 spiro atoms. The molecule has 0 fully saturated rings. The number of amides is 1. The zero-order chi connectivity index (χ0) is 17.5. The van der Waals surface area contributed by atoms with Gasteiger partial charge in [0, 0.05) is 29.5 Å². The normalized spacial score (nSPS) is 10.5. The van der Waals surface area contributed by atoms with Gasteiger partial charge >= 0.3 is 0 Å². The second-order valence-corrected chi connectivity index (χ2v) is 6.08. The number of benzene rings is 1. The van der Waals surface area contributed by atoms with E-state index in [4.69, 9.17) is 11.6 Å². The van der Waals surface area contributed by atoms with E-state index in [0.717, 1.165) is 31.6 Å². The quantitative estimate of drug-likeness (QED) is 0.811. The predicted molar refractivity (Wildman–Crippen MR) is 99.0 cm³/mol. The fourth-order valence-corrected chi connectivity index (χ4v) is 2.61. The van der Waals surface area contributed by atoms with Gasteiger partial charge in [-0.2, -0.15) is 0 Å². The van der Waals surface area contributed by atoms with Gasteiger partial charge in [-0.3, -0.25) is 4.79 Å². The Labute approximate surface area is 148 Å². The number of rotatable bonds is 7. The van der Waals surface area contributed by atoms with Crippen molar-refractivity contribution in [2.45, 2.75) is 33.6 Å². The minimum Gasteiger partial charge on any atom is -0.341 e. The second-order valence-electron chi connectivity index (χ2n) is 5.65. The summed E-state index contributed by atoms with van der Waals surface area (Å²) in [6.45, 7) is 7.84. The number of nitrogens with zero attached hydrogens (tertiary/aromatic N) is 3. The van der Waals surface area contributed by atoms with E-state index in [0.29, 0.717) is 22.4 Å². The Kier molecular flexibility index (Phi) is 6.55. The Hall–Kier alpha value is -2.14. The Morgan fingerprint density at radius 1 is 1.17 bits per heavy atom. The summed E-state index contributed by atoms with van der Waals surface area (Å²) in [6.07, 6.45) is 2.00. The lowest BCUT2D eigenvalue weighted by molar-refractivity contribution is 0.102. The average Bonchev–Trinajstić information content (AvgIpc) is 2.54. The van der Waals surface area contributed by atoms with Crippen molar-refractivity contribution in [1.82, 2.24) is 9.97 Å². The molecule has 1 N–H and O–H groups in total. The van der Waals surface area contributed by atoms with Crippen LogP contribution in [0.4, 0.5) is 11.6 Å². The van der Waals surface area contributed by atoms with Crippen molar-refractivity contribution in [3.63, 3.8) is 0 Å². The van der Waals surface area contributed by atoms with Crippen molar-refractivity contribution in [3.8, 4) is 0 Å². The molecule has 2 rings (SSSR count). The fraction of sp³-hybridized carbons (Fsp3) is 0.389. The third-order valence-electron chi connectivity index (χ3n) is 3.43. The van der Waals surface area contributed by atoms with Crippen LogP contribution in [0.1, 0.15) is 42.9 Å². The van der Waals surface area contributed by atoms with Crippen molar-refractivity contribution in [1.29, 1.82) is 0 Å². The highest BCUT2D eigenvalue weighted by Crippen LogP contribution is 2.17. The first-order valence-corrected chi connectivity index (χ1v) is 8.58.